The fraction of sp³-hybridized carbons (Fsp3) is 0.400. The lowest BCUT2D eigenvalue weighted by Gasteiger charge is -2.23. The van der Waals surface area contributed by atoms with E-state index in [0.29, 0.717) is 28.9 Å². The van der Waals surface area contributed by atoms with E-state index >= 15 is 0 Å². The summed E-state index contributed by atoms with van der Waals surface area (Å²) in [6, 6.07) is 10.4. The van der Waals surface area contributed by atoms with Crippen molar-refractivity contribution in [1.29, 1.82) is 0 Å². The van der Waals surface area contributed by atoms with Gasteiger partial charge >= 0.3 is 0 Å². The lowest BCUT2D eigenvalue weighted by atomic mass is 9.89. The number of hydrogen-bond donors (Lipinski definition) is 0. The molecule has 9 heteroatoms. The first-order chi connectivity index (χ1) is 16.5. The highest BCUT2D eigenvalue weighted by Crippen LogP contribution is 2.41. The standard InChI is InChI=1S/C25H29N3O5S/c1-31-22-13-18(14-23(32-2)24(22)33-3)21-16-34-25(27(21)15-17-9-5-4-6-10-17)26-19-11-7-8-12-20(19)28(29)30/h7-8,11-14,16-17H,4-6,9-10,15H2,1-3H3. The van der Waals surface area contributed by atoms with E-state index in [2.05, 4.69) is 4.57 Å². The number of nitro benzene ring substituents is 1. The van der Waals surface area contributed by atoms with Gasteiger partial charge in [-0.15, -0.1) is 11.3 Å². The third-order valence-corrected chi connectivity index (χ3v) is 7.08. The molecule has 34 heavy (non-hydrogen) atoms. The third-order valence-electron chi connectivity index (χ3n) is 6.22. The Labute approximate surface area is 202 Å². The Bertz CT molecular complexity index is 1200. The molecule has 1 heterocycles. The molecule has 0 aliphatic heterocycles. The molecule has 1 aliphatic carbocycles. The Hall–Kier alpha value is -3.33. The van der Waals surface area contributed by atoms with Crippen molar-refractivity contribution in [2.75, 3.05) is 21.3 Å². The van der Waals surface area contributed by atoms with Crippen molar-refractivity contribution in [2.24, 2.45) is 10.9 Å². The van der Waals surface area contributed by atoms with Gasteiger partial charge in [0, 0.05) is 23.6 Å². The zero-order valence-electron chi connectivity index (χ0n) is 19.7. The molecule has 1 aliphatic rings. The predicted molar refractivity (Wildman–Crippen MR) is 132 cm³/mol. The molecule has 2 aromatic carbocycles. The highest BCUT2D eigenvalue weighted by molar-refractivity contribution is 7.07. The predicted octanol–water partition coefficient (Wildman–Crippen LogP) is 5.96. The average Bonchev–Trinajstić information content (AvgIpc) is 3.25. The van der Waals surface area contributed by atoms with E-state index in [4.69, 9.17) is 19.2 Å². The van der Waals surface area contributed by atoms with Crippen LogP contribution in [0.5, 0.6) is 17.2 Å². The molecule has 1 fully saturated rings. The van der Waals surface area contributed by atoms with Crippen LogP contribution < -0.4 is 19.0 Å². The first-order valence-corrected chi connectivity index (χ1v) is 12.2. The van der Waals surface area contributed by atoms with Gasteiger partial charge in [-0.3, -0.25) is 10.1 Å². The van der Waals surface area contributed by atoms with Crippen LogP contribution in [0, 0.1) is 16.0 Å². The highest BCUT2D eigenvalue weighted by Gasteiger charge is 2.21. The summed E-state index contributed by atoms with van der Waals surface area (Å²) in [5, 5.41) is 13.6. The Balaban J connectivity index is 1.88. The number of nitrogens with zero attached hydrogens (tertiary/aromatic N) is 3. The number of thiazole rings is 1. The maximum atomic E-state index is 11.5. The van der Waals surface area contributed by atoms with Crippen LogP contribution in [0.4, 0.5) is 11.4 Å². The van der Waals surface area contributed by atoms with Crippen LogP contribution in [-0.2, 0) is 6.54 Å². The minimum atomic E-state index is -0.391. The van der Waals surface area contributed by atoms with Gasteiger partial charge in [0.1, 0.15) is 5.69 Å². The molecular weight excluding hydrogens is 454 g/mol. The van der Waals surface area contributed by atoms with Gasteiger partial charge in [0.05, 0.1) is 31.9 Å². The molecule has 180 valence electrons. The first-order valence-electron chi connectivity index (χ1n) is 11.3. The number of methoxy groups -OCH3 is 3. The summed E-state index contributed by atoms with van der Waals surface area (Å²) in [5.41, 5.74) is 2.22. The molecule has 0 spiro atoms. The lowest BCUT2D eigenvalue weighted by molar-refractivity contribution is -0.384. The fourth-order valence-electron chi connectivity index (χ4n) is 4.50. The zero-order valence-corrected chi connectivity index (χ0v) is 20.5. The molecule has 0 radical (unpaired) electrons. The monoisotopic (exact) mass is 483 g/mol. The molecule has 4 rings (SSSR count). The van der Waals surface area contributed by atoms with Crippen molar-refractivity contribution in [3.63, 3.8) is 0 Å². The average molecular weight is 484 g/mol. The molecule has 1 saturated carbocycles. The van der Waals surface area contributed by atoms with Crippen molar-refractivity contribution < 1.29 is 19.1 Å². The molecule has 0 N–H and O–H groups in total. The van der Waals surface area contributed by atoms with Gasteiger partial charge < -0.3 is 18.8 Å². The normalized spacial score (nSPS) is 14.7. The van der Waals surface area contributed by atoms with Gasteiger partial charge in [-0.1, -0.05) is 31.4 Å². The number of hydrogen-bond acceptors (Lipinski definition) is 7. The van der Waals surface area contributed by atoms with Crippen LogP contribution in [0.2, 0.25) is 0 Å². The van der Waals surface area contributed by atoms with E-state index in [0.717, 1.165) is 22.6 Å². The molecular formula is C25H29N3O5S. The minimum Gasteiger partial charge on any atom is -0.493 e. The maximum Gasteiger partial charge on any atom is 0.294 e. The van der Waals surface area contributed by atoms with Crippen molar-refractivity contribution in [3.05, 3.63) is 56.7 Å². The van der Waals surface area contributed by atoms with Crippen molar-refractivity contribution in [3.8, 4) is 28.5 Å². The Kier molecular flexibility index (Phi) is 7.52. The molecule has 0 amide bonds. The number of ether oxygens (including phenoxy) is 3. The van der Waals surface area contributed by atoms with Crippen LogP contribution in [-0.4, -0.2) is 30.8 Å². The maximum absolute atomic E-state index is 11.5. The van der Waals surface area contributed by atoms with Gasteiger partial charge in [0.25, 0.3) is 5.69 Å². The van der Waals surface area contributed by atoms with Crippen LogP contribution >= 0.6 is 11.3 Å². The van der Waals surface area contributed by atoms with Crippen molar-refractivity contribution >= 4 is 22.7 Å². The van der Waals surface area contributed by atoms with Crippen molar-refractivity contribution in [1.82, 2.24) is 4.57 Å². The van der Waals surface area contributed by atoms with Gasteiger partial charge in [-0.2, -0.15) is 0 Å². The topological polar surface area (TPSA) is 88.1 Å². The number of nitro groups is 1. The Morgan fingerprint density at radius 3 is 2.35 bits per heavy atom. The van der Waals surface area contributed by atoms with Crippen LogP contribution in [0.3, 0.4) is 0 Å². The van der Waals surface area contributed by atoms with E-state index < -0.39 is 4.92 Å². The van der Waals surface area contributed by atoms with E-state index in [9.17, 15) is 10.1 Å². The van der Waals surface area contributed by atoms with Gasteiger partial charge in [0.15, 0.2) is 16.3 Å². The molecule has 0 bridgehead atoms. The van der Waals surface area contributed by atoms with E-state index in [1.807, 2.05) is 17.5 Å². The Morgan fingerprint density at radius 1 is 1.06 bits per heavy atom. The summed E-state index contributed by atoms with van der Waals surface area (Å²) in [4.78, 5) is 16.6. The number of benzene rings is 2. The number of para-hydroxylation sites is 2. The first kappa shape index (κ1) is 23.8. The summed E-state index contributed by atoms with van der Waals surface area (Å²) in [6.45, 7) is 0.801. The number of rotatable bonds is 8. The highest BCUT2D eigenvalue weighted by atomic mass is 32.1. The van der Waals surface area contributed by atoms with Gasteiger partial charge in [-0.25, -0.2) is 4.99 Å². The van der Waals surface area contributed by atoms with Crippen LogP contribution in [0.25, 0.3) is 11.3 Å². The lowest BCUT2D eigenvalue weighted by Crippen LogP contribution is -2.22. The van der Waals surface area contributed by atoms with Gasteiger partial charge in [0.2, 0.25) is 5.75 Å². The number of aromatic nitrogens is 1. The quantitative estimate of drug-likeness (QED) is 0.291. The molecule has 3 aromatic rings. The second kappa shape index (κ2) is 10.7. The summed E-state index contributed by atoms with van der Waals surface area (Å²) in [7, 11) is 4.78. The molecule has 1 aromatic heterocycles. The molecule has 0 saturated heterocycles. The fourth-order valence-corrected chi connectivity index (χ4v) is 5.43. The summed E-state index contributed by atoms with van der Waals surface area (Å²) >= 11 is 1.47. The zero-order chi connectivity index (χ0) is 24.1. The molecule has 0 atom stereocenters. The SMILES string of the molecule is COc1cc(-c2csc(=Nc3ccccc3[N+](=O)[O-])n2CC2CCCCC2)cc(OC)c1OC. The largest absolute Gasteiger partial charge is 0.493 e. The van der Waals surface area contributed by atoms with Crippen LogP contribution in [0.15, 0.2) is 46.8 Å². The van der Waals surface area contributed by atoms with E-state index in [1.54, 1.807) is 39.5 Å². The molecule has 0 unspecified atom stereocenters. The Morgan fingerprint density at radius 2 is 1.74 bits per heavy atom. The van der Waals surface area contributed by atoms with Crippen LogP contribution in [0.1, 0.15) is 32.1 Å². The summed E-state index contributed by atoms with van der Waals surface area (Å²) in [6.07, 6.45) is 6.07. The van der Waals surface area contributed by atoms with Gasteiger partial charge in [-0.05, 0) is 37.0 Å². The smallest absolute Gasteiger partial charge is 0.294 e. The van der Waals surface area contributed by atoms with E-state index in [-0.39, 0.29) is 5.69 Å². The summed E-state index contributed by atoms with van der Waals surface area (Å²) < 4.78 is 18.8. The second-order valence-electron chi connectivity index (χ2n) is 8.29. The minimum absolute atomic E-state index is 0.00514. The second-order valence-corrected chi connectivity index (χ2v) is 9.13. The van der Waals surface area contributed by atoms with E-state index in [1.165, 1.54) is 49.5 Å². The summed E-state index contributed by atoms with van der Waals surface area (Å²) in [5.74, 6) is 2.22. The van der Waals surface area contributed by atoms with Crippen molar-refractivity contribution in [2.45, 2.75) is 38.6 Å². The third kappa shape index (κ3) is 4.94. The molecule has 8 nitrogen and oxygen atoms in total.